The van der Waals surface area contributed by atoms with E-state index in [0.29, 0.717) is 0 Å². The molecule has 0 bridgehead atoms. The minimum atomic E-state index is 0.932. The van der Waals surface area contributed by atoms with Crippen molar-refractivity contribution in [2.24, 2.45) is 0 Å². The van der Waals surface area contributed by atoms with Crippen LogP contribution in [0.5, 0.6) is 0 Å². The molecule has 0 fully saturated rings. The number of para-hydroxylation sites is 2. The highest BCUT2D eigenvalue weighted by Crippen LogP contribution is 2.34. The third-order valence-corrected chi connectivity index (χ3v) is 6.83. The lowest BCUT2D eigenvalue weighted by atomic mass is 10.1. The van der Waals surface area contributed by atoms with Gasteiger partial charge in [-0.1, -0.05) is 60.7 Å². The Balaban J connectivity index is 1.73. The fourth-order valence-electron chi connectivity index (χ4n) is 5.24. The lowest BCUT2D eigenvalue weighted by Gasteiger charge is -2.13. The summed E-state index contributed by atoms with van der Waals surface area (Å²) in [5.74, 6) is 0. The van der Waals surface area contributed by atoms with E-state index in [4.69, 9.17) is 0 Å². The normalized spacial score (nSPS) is 13.4. The van der Waals surface area contributed by atoms with Crippen LogP contribution < -0.4 is 0 Å². The summed E-state index contributed by atoms with van der Waals surface area (Å²) in [4.78, 5) is 0. The van der Waals surface area contributed by atoms with Crippen molar-refractivity contribution >= 4 is 21.8 Å². The van der Waals surface area contributed by atoms with Crippen LogP contribution in [0.2, 0.25) is 0 Å². The first kappa shape index (κ1) is 16.7. The molecule has 3 heterocycles. The monoisotopic (exact) mass is 376 g/mol. The van der Waals surface area contributed by atoms with Crippen LogP contribution in [0.15, 0.2) is 72.8 Å². The van der Waals surface area contributed by atoms with Gasteiger partial charge < -0.3 is 9.13 Å². The molecular weight excluding hydrogens is 352 g/mol. The highest BCUT2D eigenvalue weighted by atomic mass is 15.0. The van der Waals surface area contributed by atoms with Gasteiger partial charge in [0, 0.05) is 52.7 Å². The summed E-state index contributed by atoms with van der Waals surface area (Å²) in [6, 6.07) is 26.7. The molecule has 0 atom stereocenters. The minimum Gasteiger partial charge on any atom is -0.339 e. The average Bonchev–Trinajstić information content (AvgIpc) is 3.19. The van der Waals surface area contributed by atoms with Gasteiger partial charge >= 0.3 is 0 Å². The Morgan fingerprint density at radius 1 is 0.552 bits per heavy atom. The van der Waals surface area contributed by atoms with Gasteiger partial charge in [-0.2, -0.15) is 0 Å². The highest BCUT2D eigenvalue weighted by molar-refractivity contribution is 5.87. The van der Waals surface area contributed by atoms with Crippen molar-refractivity contribution in [2.75, 3.05) is 0 Å². The Labute approximate surface area is 171 Å². The summed E-state index contributed by atoms with van der Waals surface area (Å²) in [6.45, 7) is 6.45. The van der Waals surface area contributed by atoms with E-state index in [1.54, 1.807) is 0 Å². The van der Waals surface area contributed by atoms with Crippen molar-refractivity contribution in [3.8, 4) is 0 Å². The highest BCUT2D eigenvalue weighted by Gasteiger charge is 2.22. The van der Waals surface area contributed by atoms with Crippen LogP contribution in [0.1, 0.15) is 33.6 Å². The standard InChI is InChI=1S/C27H24N2/c1-18-22-11-5-7-13-24(22)28-16-20-9-3-4-10-21(20)17-29-25-14-8-6-12-23(25)19(2)27(29)15-26(18)28/h3-14H,15-17H2,1-2H3. The topological polar surface area (TPSA) is 9.86 Å². The quantitative estimate of drug-likeness (QED) is 0.298. The second-order valence-corrected chi connectivity index (χ2v) is 8.30. The molecule has 0 unspecified atom stereocenters. The van der Waals surface area contributed by atoms with Crippen LogP contribution in [0.25, 0.3) is 21.8 Å². The van der Waals surface area contributed by atoms with E-state index in [1.165, 1.54) is 55.4 Å². The van der Waals surface area contributed by atoms with Crippen LogP contribution in [0.4, 0.5) is 0 Å². The Morgan fingerprint density at radius 3 is 1.45 bits per heavy atom. The first-order valence-corrected chi connectivity index (χ1v) is 10.4. The molecule has 0 N–H and O–H groups in total. The summed E-state index contributed by atoms with van der Waals surface area (Å²) >= 11 is 0. The predicted octanol–water partition coefficient (Wildman–Crippen LogP) is 6.21. The molecule has 0 radical (unpaired) electrons. The molecule has 5 aromatic rings. The molecule has 3 aromatic carbocycles. The van der Waals surface area contributed by atoms with E-state index >= 15 is 0 Å². The molecule has 0 aliphatic carbocycles. The number of rotatable bonds is 0. The smallest absolute Gasteiger partial charge is 0.0488 e. The maximum atomic E-state index is 2.55. The van der Waals surface area contributed by atoms with Crippen LogP contribution >= 0.6 is 0 Å². The molecule has 0 saturated heterocycles. The zero-order chi connectivity index (χ0) is 19.5. The third-order valence-electron chi connectivity index (χ3n) is 6.83. The lowest BCUT2D eigenvalue weighted by molar-refractivity contribution is 0.769. The van der Waals surface area contributed by atoms with Gasteiger partial charge in [0.05, 0.1) is 0 Å². The van der Waals surface area contributed by atoms with E-state index in [-0.39, 0.29) is 0 Å². The number of aryl methyl sites for hydroxylation is 2. The largest absolute Gasteiger partial charge is 0.339 e. The van der Waals surface area contributed by atoms with Gasteiger partial charge in [0.15, 0.2) is 0 Å². The predicted molar refractivity (Wildman–Crippen MR) is 121 cm³/mol. The SMILES string of the molecule is Cc1c2n(c3ccccc13)Cc1ccccc1Cn1c(c(C)c3ccccc31)C2. The van der Waals surface area contributed by atoms with Gasteiger partial charge in [-0.3, -0.25) is 0 Å². The van der Waals surface area contributed by atoms with E-state index < -0.39 is 0 Å². The first-order chi connectivity index (χ1) is 14.2. The maximum absolute atomic E-state index is 2.55. The summed E-state index contributed by atoms with van der Waals surface area (Å²) < 4.78 is 5.10. The van der Waals surface area contributed by atoms with Gasteiger partial charge in [-0.05, 0) is 48.2 Å². The van der Waals surface area contributed by atoms with Crippen molar-refractivity contribution in [1.29, 1.82) is 0 Å². The summed E-state index contributed by atoms with van der Waals surface area (Å²) in [5, 5.41) is 2.75. The van der Waals surface area contributed by atoms with Crippen molar-refractivity contribution < 1.29 is 0 Å². The fraction of sp³-hybridized carbons (Fsp3) is 0.185. The number of hydrogen-bond donors (Lipinski definition) is 0. The molecule has 2 heteroatoms. The van der Waals surface area contributed by atoms with Crippen LogP contribution in [0.3, 0.4) is 0 Å². The number of hydrogen-bond acceptors (Lipinski definition) is 0. The molecule has 29 heavy (non-hydrogen) atoms. The van der Waals surface area contributed by atoms with Gasteiger partial charge in [-0.25, -0.2) is 0 Å². The molecule has 2 aromatic heterocycles. The molecule has 1 aliphatic heterocycles. The van der Waals surface area contributed by atoms with Gasteiger partial charge in [0.2, 0.25) is 0 Å². The Morgan fingerprint density at radius 2 is 0.966 bits per heavy atom. The Hall–Kier alpha value is -3.26. The molecule has 0 amide bonds. The molecule has 2 nitrogen and oxygen atoms in total. The second kappa shape index (κ2) is 6.12. The van der Waals surface area contributed by atoms with E-state index in [0.717, 1.165) is 19.5 Å². The van der Waals surface area contributed by atoms with Crippen molar-refractivity contribution in [3.05, 3.63) is 106 Å². The summed E-state index contributed by atoms with van der Waals surface area (Å²) in [6.07, 6.45) is 0.967. The number of benzene rings is 3. The van der Waals surface area contributed by atoms with Crippen molar-refractivity contribution in [3.63, 3.8) is 0 Å². The van der Waals surface area contributed by atoms with Crippen LogP contribution in [-0.2, 0) is 19.5 Å². The second-order valence-electron chi connectivity index (χ2n) is 8.30. The zero-order valence-electron chi connectivity index (χ0n) is 16.9. The Bertz CT molecular complexity index is 1290. The van der Waals surface area contributed by atoms with Gasteiger partial charge in [-0.15, -0.1) is 0 Å². The summed E-state index contributed by atoms with van der Waals surface area (Å²) in [5.41, 5.74) is 11.2. The van der Waals surface area contributed by atoms with Crippen molar-refractivity contribution in [1.82, 2.24) is 9.13 Å². The zero-order valence-corrected chi connectivity index (χ0v) is 16.9. The lowest BCUT2D eigenvalue weighted by Crippen LogP contribution is -2.07. The average molecular weight is 377 g/mol. The van der Waals surface area contributed by atoms with Crippen LogP contribution in [-0.4, -0.2) is 9.13 Å². The van der Waals surface area contributed by atoms with E-state index in [9.17, 15) is 0 Å². The molecule has 0 saturated carbocycles. The van der Waals surface area contributed by atoms with E-state index in [1.807, 2.05) is 0 Å². The number of nitrogens with zero attached hydrogens (tertiary/aromatic N) is 2. The first-order valence-electron chi connectivity index (χ1n) is 10.4. The van der Waals surface area contributed by atoms with E-state index in [2.05, 4.69) is 95.8 Å². The molecule has 142 valence electrons. The van der Waals surface area contributed by atoms with Crippen molar-refractivity contribution in [2.45, 2.75) is 33.4 Å². The van der Waals surface area contributed by atoms with Gasteiger partial charge in [0.1, 0.15) is 0 Å². The molecular formula is C27H24N2. The third kappa shape index (κ3) is 2.35. The minimum absolute atomic E-state index is 0.932. The van der Waals surface area contributed by atoms with Gasteiger partial charge in [0.25, 0.3) is 0 Å². The van der Waals surface area contributed by atoms with Crippen LogP contribution in [0, 0.1) is 13.8 Å². The fourth-order valence-corrected chi connectivity index (χ4v) is 5.24. The number of fused-ring (bicyclic) bond motifs is 7. The molecule has 6 rings (SSSR count). The molecule has 0 spiro atoms. The Kier molecular flexibility index (Phi) is 3.52. The maximum Gasteiger partial charge on any atom is 0.0488 e. The summed E-state index contributed by atoms with van der Waals surface area (Å²) in [7, 11) is 0. The molecule has 1 aliphatic rings. The number of aromatic nitrogens is 2.